The molecule has 2 aromatic rings. The first-order valence-electron chi connectivity index (χ1n) is 7.72. The van der Waals surface area contributed by atoms with Gasteiger partial charge in [0.2, 0.25) is 5.91 Å². The van der Waals surface area contributed by atoms with Gasteiger partial charge in [-0.2, -0.15) is 0 Å². The monoisotopic (exact) mass is 401 g/mol. The van der Waals surface area contributed by atoms with Crippen molar-refractivity contribution in [1.29, 1.82) is 0 Å². The van der Waals surface area contributed by atoms with Gasteiger partial charge in [-0.1, -0.05) is 41.4 Å². The van der Waals surface area contributed by atoms with Crippen molar-refractivity contribution in [3.8, 4) is 5.75 Å². The van der Waals surface area contributed by atoms with Gasteiger partial charge in [0, 0.05) is 12.3 Å². The Morgan fingerprint density at radius 2 is 1.80 bits per heavy atom. The van der Waals surface area contributed by atoms with E-state index in [0.29, 0.717) is 46.9 Å². The maximum absolute atomic E-state index is 12.8. The van der Waals surface area contributed by atoms with Crippen LogP contribution in [-0.4, -0.2) is 30.6 Å². The van der Waals surface area contributed by atoms with Crippen molar-refractivity contribution in [3.63, 3.8) is 0 Å². The minimum Gasteiger partial charge on any atom is -0.490 e. The van der Waals surface area contributed by atoms with Crippen LogP contribution in [0.5, 0.6) is 5.75 Å². The second-order valence-electron chi connectivity index (χ2n) is 5.18. The highest BCUT2D eigenvalue weighted by molar-refractivity contribution is 7.99. The second-order valence-corrected chi connectivity index (χ2v) is 7.10. The fraction of sp³-hybridized carbons (Fsp3) is 0.278. The number of benzene rings is 2. The zero-order chi connectivity index (χ0) is 18.1. The molecule has 1 amide bonds. The molecule has 134 valence electrons. The second kappa shape index (κ2) is 10.5. The number of ether oxygens (including phenoxy) is 1. The van der Waals surface area contributed by atoms with E-state index in [-0.39, 0.29) is 11.7 Å². The van der Waals surface area contributed by atoms with Gasteiger partial charge in [-0.25, -0.2) is 4.39 Å². The van der Waals surface area contributed by atoms with E-state index in [9.17, 15) is 9.18 Å². The van der Waals surface area contributed by atoms with Crippen molar-refractivity contribution in [2.45, 2.75) is 6.42 Å². The molecule has 1 N–H and O–H groups in total. The fourth-order valence-electron chi connectivity index (χ4n) is 2.04. The number of halogens is 3. The number of thioether (sulfide) groups is 1. The van der Waals surface area contributed by atoms with Crippen LogP contribution in [-0.2, 0) is 11.2 Å². The van der Waals surface area contributed by atoms with Crippen molar-refractivity contribution in [1.82, 2.24) is 5.32 Å². The number of hydrogen-bond donors (Lipinski definition) is 1. The molecule has 0 aliphatic heterocycles. The van der Waals surface area contributed by atoms with Crippen LogP contribution in [0.4, 0.5) is 4.39 Å². The average Bonchev–Trinajstić information content (AvgIpc) is 2.58. The highest BCUT2D eigenvalue weighted by Crippen LogP contribution is 2.32. The lowest BCUT2D eigenvalue weighted by Crippen LogP contribution is -2.27. The van der Waals surface area contributed by atoms with Crippen LogP contribution in [0, 0.1) is 5.82 Å². The maximum Gasteiger partial charge on any atom is 0.230 e. The van der Waals surface area contributed by atoms with E-state index in [4.69, 9.17) is 27.9 Å². The van der Waals surface area contributed by atoms with Gasteiger partial charge >= 0.3 is 0 Å². The quantitative estimate of drug-likeness (QED) is 0.623. The Bertz CT molecular complexity index is 678. The summed E-state index contributed by atoms with van der Waals surface area (Å²) in [5.41, 5.74) is 0.986. The lowest BCUT2D eigenvalue weighted by atomic mass is 10.1. The number of carbonyl (C=O) groups is 1. The summed E-state index contributed by atoms with van der Waals surface area (Å²) >= 11 is 13.5. The lowest BCUT2D eigenvalue weighted by molar-refractivity contribution is -0.118. The molecule has 25 heavy (non-hydrogen) atoms. The summed E-state index contributed by atoms with van der Waals surface area (Å²) in [6.45, 7) is 0.938. The third kappa shape index (κ3) is 7.14. The molecule has 0 aromatic heterocycles. The van der Waals surface area contributed by atoms with Crippen molar-refractivity contribution in [2.24, 2.45) is 0 Å². The first kappa shape index (κ1) is 19.9. The molecule has 0 saturated carbocycles. The molecule has 0 heterocycles. The van der Waals surface area contributed by atoms with Gasteiger partial charge in [-0.05, 0) is 36.2 Å². The van der Waals surface area contributed by atoms with Gasteiger partial charge in [-0.3, -0.25) is 4.79 Å². The molecule has 0 bridgehead atoms. The molecule has 0 aliphatic rings. The lowest BCUT2D eigenvalue weighted by Gasteiger charge is -2.09. The van der Waals surface area contributed by atoms with Crippen molar-refractivity contribution >= 4 is 40.9 Å². The Morgan fingerprint density at radius 1 is 1.12 bits per heavy atom. The molecule has 0 unspecified atom stereocenters. The van der Waals surface area contributed by atoms with Crippen LogP contribution >= 0.6 is 35.0 Å². The highest BCUT2D eigenvalue weighted by Gasteiger charge is 2.07. The maximum atomic E-state index is 12.8. The summed E-state index contributed by atoms with van der Waals surface area (Å²) in [5, 5.41) is 3.77. The first-order chi connectivity index (χ1) is 12.1. The van der Waals surface area contributed by atoms with Crippen molar-refractivity contribution < 1.29 is 13.9 Å². The molecule has 3 nitrogen and oxygen atoms in total. The smallest absolute Gasteiger partial charge is 0.230 e. The normalized spacial score (nSPS) is 10.5. The Labute approximate surface area is 160 Å². The summed E-state index contributed by atoms with van der Waals surface area (Å²) in [6.07, 6.45) is 0.671. The summed E-state index contributed by atoms with van der Waals surface area (Å²) in [5.74, 6) is 1.17. The number of rotatable bonds is 9. The van der Waals surface area contributed by atoms with Crippen LogP contribution in [0.1, 0.15) is 5.56 Å². The van der Waals surface area contributed by atoms with Gasteiger partial charge in [0.25, 0.3) is 0 Å². The molecular formula is C18H18Cl2FNO2S. The Kier molecular flexibility index (Phi) is 8.38. The van der Waals surface area contributed by atoms with E-state index in [1.807, 2.05) is 0 Å². The van der Waals surface area contributed by atoms with Crippen LogP contribution in [0.25, 0.3) is 0 Å². The predicted molar refractivity (Wildman–Crippen MR) is 102 cm³/mol. The van der Waals surface area contributed by atoms with Gasteiger partial charge in [-0.15, -0.1) is 11.8 Å². The fourth-order valence-corrected chi connectivity index (χ4v) is 3.18. The van der Waals surface area contributed by atoms with Crippen LogP contribution in [0.3, 0.4) is 0 Å². The zero-order valence-electron chi connectivity index (χ0n) is 13.4. The molecule has 0 spiro atoms. The Balaban J connectivity index is 1.57. The molecule has 0 radical (unpaired) electrons. The van der Waals surface area contributed by atoms with Crippen LogP contribution < -0.4 is 10.1 Å². The third-order valence-corrected chi connectivity index (χ3v) is 4.79. The Hall–Kier alpha value is -1.43. The van der Waals surface area contributed by atoms with Crippen molar-refractivity contribution in [3.05, 3.63) is 63.9 Å². The molecular weight excluding hydrogens is 384 g/mol. The van der Waals surface area contributed by atoms with E-state index >= 15 is 0 Å². The molecule has 2 rings (SSSR count). The van der Waals surface area contributed by atoms with Crippen LogP contribution in [0.15, 0.2) is 42.5 Å². The highest BCUT2D eigenvalue weighted by atomic mass is 35.5. The number of para-hydroxylation sites is 1. The number of amides is 1. The third-order valence-electron chi connectivity index (χ3n) is 3.28. The van der Waals surface area contributed by atoms with Gasteiger partial charge in [0.15, 0.2) is 5.75 Å². The van der Waals surface area contributed by atoms with Crippen molar-refractivity contribution in [2.75, 3.05) is 24.7 Å². The van der Waals surface area contributed by atoms with E-state index in [0.717, 1.165) is 5.56 Å². The molecule has 0 saturated heterocycles. The molecule has 0 fully saturated rings. The number of hydrogen-bond acceptors (Lipinski definition) is 3. The number of carbonyl (C=O) groups excluding carboxylic acids is 1. The molecule has 2 aromatic carbocycles. The SMILES string of the molecule is O=C(CSCCOc1c(Cl)cccc1Cl)NCCc1ccc(F)cc1. The predicted octanol–water partition coefficient (Wildman–Crippen LogP) is 4.60. The van der Waals surface area contributed by atoms with E-state index in [1.165, 1.54) is 23.9 Å². The Morgan fingerprint density at radius 3 is 2.48 bits per heavy atom. The largest absolute Gasteiger partial charge is 0.490 e. The number of nitrogens with one attached hydrogen (secondary N) is 1. The van der Waals surface area contributed by atoms with E-state index in [2.05, 4.69) is 5.32 Å². The first-order valence-corrected chi connectivity index (χ1v) is 9.63. The van der Waals surface area contributed by atoms with E-state index < -0.39 is 0 Å². The minimum absolute atomic E-state index is 0.0390. The minimum atomic E-state index is -0.260. The van der Waals surface area contributed by atoms with Gasteiger partial charge in [0.1, 0.15) is 5.82 Å². The standard InChI is InChI=1S/C18H18Cl2FNO2S/c19-15-2-1-3-16(20)18(15)24-10-11-25-12-17(23)22-9-8-13-4-6-14(21)7-5-13/h1-7H,8-12H2,(H,22,23). The molecule has 7 heteroatoms. The summed E-state index contributed by atoms with van der Waals surface area (Å²) in [4.78, 5) is 11.8. The van der Waals surface area contributed by atoms with Gasteiger partial charge in [0.05, 0.1) is 22.4 Å². The molecule has 0 aliphatic carbocycles. The summed E-state index contributed by atoms with van der Waals surface area (Å²) in [7, 11) is 0. The van der Waals surface area contributed by atoms with Crippen LogP contribution in [0.2, 0.25) is 10.0 Å². The van der Waals surface area contributed by atoms with E-state index in [1.54, 1.807) is 30.3 Å². The summed E-state index contributed by atoms with van der Waals surface area (Å²) < 4.78 is 18.3. The average molecular weight is 402 g/mol. The van der Waals surface area contributed by atoms with Gasteiger partial charge < -0.3 is 10.1 Å². The summed E-state index contributed by atoms with van der Waals surface area (Å²) in [6, 6.07) is 11.4. The topological polar surface area (TPSA) is 38.3 Å². The molecule has 0 atom stereocenters. The zero-order valence-corrected chi connectivity index (χ0v) is 15.8.